The summed E-state index contributed by atoms with van der Waals surface area (Å²) in [5.41, 5.74) is 6.46. The Balaban J connectivity index is 2.72. The molecule has 7 heteroatoms. The van der Waals surface area contributed by atoms with Crippen LogP contribution in [0.2, 0.25) is 0 Å². The molecular formula is C14H19BrN2O4. The molecule has 1 aromatic carbocycles. The van der Waals surface area contributed by atoms with Crippen LogP contribution in [0.3, 0.4) is 0 Å². The fraction of sp³-hybridized carbons (Fsp3) is 0.429. The molecule has 1 unspecified atom stereocenters. The zero-order chi connectivity index (χ0) is 15.8. The van der Waals surface area contributed by atoms with Crippen LogP contribution in [-0.2, 0) is 14.3 Å². The van der Waals surface area contributed by atoms with E-state index >= 15 is 0 Å². The average Bonchev–Trinajstić information content (AvgIpc) is 2.47. The van der Waals surface area contributed by atoms with Crippen molar-refractivity contribution in [1.29, 1.82) is 0 Å². The van der Waals surface area contributed by atoms with E-state index in [4.69, 9.17) is 15.2 Å². The molecule has 0 spiro atoms. The minimum atomic E-state index is -0.404. The number of nitrogens with two attached hydrogens (primary N) is 1. The van der Waals surface area contributed by atoms with Crippen molar-refractivity contribution in [3.8, 4) is 0 Å². The molecule has 0 bridgehead atoms. The number of halogens is 1. The molecule has 0 saturated carbocycles. The number of esters is 1. The highest BCUT2D eigenvalue weighted by molar-refractivity contribution is 9.10. The second kappa shape index (κ2) is 8.76. The van der Waals surface area contributed by atoms with Gasteiger partial charge in [0.25, 0.3) is 0 Å². The van der Waals surface area contributed by atoms with Crippen LogP contribution >= 0.6 is 15.9 Å². The van der Waals surface area contributed by atoms with Crippen molar-refractivity contribution < 1.29 is 19.1 Å². The summed E-state index contributed by atoms with van der Waals surface area (Å²) in [6, 6.07) is 4.83. The van der Waals surface area contributed by atoms with Crippen molar-refractivity contribution in [1.82, 2.24) is 0 Å². The number of anilines is 1. The van der Waals surface area contributed by atoms with Gasteiger partial charge < -0.3 is 20.5 Å². The number of hydrogen-bond acceptors (Lipinski definition) is 5. The highest BCUT2D eigenvalue weighted by Gasteiger charge is 2.14. The molecule has 0 aliphatic rings. The third-order valence-electron chi connectivity index (χ3n) is 2.76. The number of methoxy groups -OCH3 is 1. The maximum atomic E-state index is 11.9. The number of rotatable bonds is 7. The van der Waals surface area contributed by atoms with Gasteiger partial charge in [0.15, 0.2) is 0 Å². The van der Waals surface area contributed by atoms with Gasteiger partial charge in [-0.2, -0.15) is 0 Å². The SMILES string of the molecule is CCOC(=O)c1ccc(NC(=O)CC(CN)OC)c(Br)c1. The summed E-state index contributed by atoms with van der Waals surface area (Å²) in [4.78, 5) is 23.4. The topological polar surface area (TPSA) is 90.7 Å². The summed E-state index contributed by atoms with van der Waals surface area (Å²) in [5, 5.41) is 2.73. The summed E-state index contributed by atoms with van der Waals surface area (Å²) in [5.74, 6) is -0.615. The monoisotopic (exact) mass is 358 g/mol. The van der Waals surface area contributed by atoms with Gasteiger partial charge in [0.05, 0.1) is 30.4 Å². The summed E-state index contributed by atoms with van der Waals surface area (Å²) in [6.07, 6.45) is -0.151. The third kappa shape index (κ3) is 5.45. The highest BCUT2D eigenvalue weighted by Crippen LogP contribution is 2.24. The average molecular weight is 359 g/mol. The Kier molecular flexibility index (Phi) is 7.35. The maximum absolute atomic E-state index is 11.9. The number of ether oxygens (including phenoxy) is 2. The van der Waals surface area contributed by atoms with E-state index in [-0.39, 0.29) is 25.0 Å². The number of nitrogens with one attached hydrogen (secondary N) is 1. The zero-order valence-corrected chi connectivity index (χ0v) is 13.6. The van der Waals surface area contributed by atoms with Crippen LogP contribution in [-0.4, -0.2) is 38.2 Å². The molecule has 0 heterocycles. The Morgan fingerprint density at radius 2 is 2.14 bits per heavy atom. The zero-order valence-electron chi connectivity index (χ0n) is 12.0. The molecule has 0 aromatic heterocycles. The molecule has 116 valence electrons. The Morgan fingerprint density at radius 1 is 1.43 bits per heavy atom. The van der Waals surface area contributed by atoms with Crippen LogP contribution in [0.1, 0.15) is 23.7 Å². The van der Waals surface area contributed by atoms with Gasteiger partial charge >= 0.3 is 5.97 Å². The van der Waals surface area contributed by atoms with Gasteiger partial charge in [0.2, 0.25) is 5.91 Å². The van der Waals surface area contributed by atoms with Crippen molar-refractivity contribution in [2.75, 3.05) is 25.6 Å². The number of amides is 1. The first-order chi connectivity index (χ1) is 10.0. The van der Waals surface area contributed by atoms with Gasteiger partial charge in [-0.1, -0.05) is 0 Å². The predicted molar refractivity (Wildman–Crippen MR) is 83.2 cm³/mol. The Labute approximate surface area is 132 Å². The number of benzene rings is 1. The van der Waals surface area contributed by atoms with Gasteiger partial charge in [0.1, 0.15) is 0 Å². The van der Waals surface area contributed by atoms with Crippen LogP contribution in [0.4, 0.5) is 5.69 Å². The molecule has 0 fully saturated rings. The lowest BCUT2D eigenvalue weighted by Gasteiger charge is -2.13. The van der Waals surface area contributed by atoms with E-state index < -0.39 is 5.97 Å². The maximum Gasteiger partial charge on any atom is 0.338 e. The molecular weight excluding hydrogens is 340 g/mol. The van der Waals surface area contributed by atoms with Gasteiger partial charge in [0, 0.05) is 18.1 Å². The third-order valence-corrected chi connectivity index (χ3v) is 3.42. The summed E-state index contributed by atoms with van der Waals surface area (Å²) in [6.45, 7) is 2.32. The van der Waals surface area contributed by atoms with Crippen molar-refractivity contribution in [3.05, 3.63) is 28.2 Å². The standard InChI is InChI=1S/C14H19BrN2O4/c1-3-21-14(19)9-4-5-12(11(15)6-9)17-13(18)7-10(8-16)20-2/h4-6,10H,3,7-8,16H2,1-2H3,(H,17,18). The van der Waals surface area contributed by atoms with Gasteiger partial charge in [-0.3, -0.25) is 4.79 Å². The quantitative estimate of drug-likeness (QED) is 0.726. The first-order valence-corrected chi connectivity index (χ1v) is 7.30. The fourth-order valence-corrected chi connectivity index (χ4v) is 2.11. The van der Waals surface area contributed by atoms with Crippen LogP contribution < -0.4 is 11.1 Å². The number of carbonyl (C=O) groups excluding carboxylic acids is 2. The molecule has 1 amide bonds. The molecule has 1 rings (SSSR count). The minimum Gasteiger partial charge on any atom is -0.462 e. The van der Waals surface area contributed by atoms with Crippen molar-refractivity contribution in [2.24, 2.45) is 5.73 Å². The van der Waals surface area contributed by atoms with Crippen molar-refractivity contribution in [2.45, 2.75) is 19.4 Å². The summed E-state index contributed by atoms with van der Waals surface area (Å²) < 4.78 is 10.6. The first kappa shape index (κ1) is 17.6. The van der Waals surface area contributed by atoms with Gasteiger partial charge in [-0.25, -0.2) is 4.79 Å². The van der Waals surface area contributed by atoms with E-state index in [0.29, 0.717) is 22.3 Å². The van der Waals surface area contributed by atoms with Crippen LogP contribution in [0.5, 0.6) is 0 Å². The smallest absolute Gasteiger partial charge is 0.338 e. The molecule has 0 aliphatic carbocycles. The lowest BCUT2D eigenvalue weighted by atomic mass is 10.2. The van der Waals surface area contributed by atoms with E-state index in [1.54, 1.807) is 25.1 Å². The van der Waals surface area contributed by atoms with E-state index in [1.807, 2.05) is 0 Å². The molecule has 3 N–H and O–H groups in total. The Bertz CT molecular complexity index is 504. The molecule has 0 aliphatic heterocycles. The van der Waals surface area contributed by atoms with E-state index in [0.717, 1.165) is 0 Å². The van der Waals surface area contributed by atoms with E-state index in [1.165, 1.54) is 7.11 Å². The van der Waals surface area contributed by atoms with Gasteiger partial charge in [-0.15, -0.1) is 0 Å². The van der Waals surface area contributed by atoms with Gasteiger partial charge in [-0.05, 0) is 41.1 Å². The van der Waals surface area contributed by atoms with Crippen LogP contribution in [0, 0.1) is 0 Å². The Morgan fingerprint density at radius 3 is 2.67 bits per heavy atom. The van der Waals surface area contributed by atoms with Crippen LogP contribution in [0.15, 0.2) is 22.7 Å². The molecule has 0 saturated heterocycles. The largest absolute Gasteiger partial charge is 0.462 e. The predicted octanol–water partition coefficient (Wildman–Crippen LogP) is 1.93. The molecule has 21 heavy (non-hydrogen) atoms. The molecule has 1 atom stereocenters. The normalized spacial score (nSPS) is 11.8. The number of hydrogen-bond donors (Lipinski definition) is 2. The highest BCUT2D eigenvalue weighted by atomic mass is 79.9. The summed E-state index contributed by atoms with van der Waals surface area (Å²) >= 11 is 3.32. The molecule has 0 radical (unpaired) electrons. The number of carbonyl (C=O) groups is 2. The first-order valence-electron chi connectivity index (χ1n) is 6.51. The minimum absolute atomic E-state index is 0.166. The van der Waals surface area contributed by atoms with E-state index in [2.05, 4.69) is 21.2 Å². The Hall–Kier alpha value is -1.44. The molecule has 6 nitrogen and oxygen atoms in total. The lowest BCUT2D eigenvalue weighted by Crippen LogP contribution is -2.28. The fourth-order valence-electron chi connectivity index (χ4n) is 1.63. The lowest BCUT2D eigenvalue weighted by molar-refractivity contribution is -0.118. The van der Waals surface area contributed by atoms with Crippen LogP contribution in [0.25, 0.3) is 0 Å². The summed E-state index contributed by atoms with van der Waals surface area (Å²) in [7, 11) is 1.51. The van der Waals surface area contributed by atoms with E-state index in [9.17, 15) is 9.59 Å². The van der Waals surface area contributed by atoms with Crippen molar-refractivity contribution in [3.63, 3.8) is 0 Å². The second-order valence-electron chi connectivity index (χ2n) is 4.26. The second-order valence-corrected chi connectivity index (χ2v) is 5.12. The van der Waals surface area contributed by atoms with Crippen molar-refractivity contribution >= 4 is 33.5 Å². The molecule has 1 aromatic rings.